The van der Waals surface area contributed by atoms with Crippen LogP contribution in [-0.2, 0) is 0 Å². The average molecular weight is 333 g/mol. The highest BCUT2D eigenvalue weighted by Crippen LogP contribution is 2.36. The zero-order valence-corrected chi connectivity index (χ0v) is 13.6. The summed E-state index contributed by atoms with van der Waals surface area (Å²) in [5.74, 6) is 0. The zero-order valence-electron chi connectivity index (χ0n) is 13.6. The van der Waals surface area contributed by atoms with E-state index in [2.05, 4.69) is 39.2 Å². The predicted molar refractivity (Wildman–Crippen MR) is 103 cm³/mol. The van der Waals surface area contributed by atoms with Gasteiger partial charge in [0.2, 0.25) is 0 Å². The minimum absolute atomic E-state index is 0.546. The molecule has 0 atom stereocenters. The van der Waals surface area contributed by atoms with Gasteiger partial charge in [-0.2, -0.15) is 0 Å². The van der Waals surface area contributed by atoms with E-state index in [4.69, 9.17) is 9.97 Å². The molecule has 3 aromatic carbocycles. The Morgan fingerprint density at radius 1 is 0.500 bits per heavy atom. The van der Waals surface area contributed by atoms with E-state index in [1.807, 2.05) is 30.5 Å². The first kappa shape index (κ1) is 13.5. The van der Waals surface area contributed by atoms with Gasteiger partial charge in [-0.05, 0) is 22.9 Å². The molecule has 0 aliphatic rings. The molecule has 0 saturated carbocycles. The summed E-state index contributed by atoms with van der Waals surface area (Å²) in [6.45, 7) is 0. The van der Waals surface area contributed by atoms with Crippen molar-refractivity contribution in [1.29, 1.82) is 0 Å². The standard InChI is InChI=1S/C21H11N5/c1-2-5-13-12(4-1)7-8-14-16(13)19-18(15-6-3-9-22-17(14)15)25-20-21(26-19)24-11-10-23-20/h1-11H. The van der Waals surface area contributed by atoms with Crippen LogP contribution in [0.25, 0.3) is 54.8 Å². The largest absolute Gasteiger partial charge is 0.256 e. The third-order valence-corrected chi connectivity index (χ3v) is 4.80. The first-order chi connectivity index (χ1) is 12.9. The van der Waals surface area contributed by atoms with Crippen molar-refractivity contribution in [3.8, 4) is 0 Å². The number of aromatic nitrogens is 5. The molecule has 5 nitrogen and oxygen atoms in total. The number of pyridine rings is 1. The lowest BCUT2D eigenvalue weighted by atomic mass is 9.97. The Labute approximate surface area is 147 Å². The summed E-state index contributed by atoms with van der Waals surface area (Å²) in [6, 6.07) is 16.5. The Kier molecular flexibility index (Phi) is 2.55. The van der Waals surface area contributed by atoms with Crippen LogP contribution in [0.4, 0.5) is 0 Å². The van der Waals surface area contributed by atoms with Crippen LogP contribution < -0.4 is 0 Å². The highest BCUT2D eigenvalue weighted by Gasteiger charge is 2.15. The fourth-order valence-corrected chi connectivity index (χ4v) is 3.70. The Bertz CT molecular complexity index is 1460. The third-order valence-electron chi connectivity index (χ3n) is 4.80. The Hall–Kier alpha value is -3.73. The fourth-order valence-electron chi connectivity index (χ4n) is 3.70. The van der Waals surface area contributed by atoms with Crippen LogP contribution >= 0.6 is 0 Å². The van der Waals surface area contributed by atoms with Crippen molar-refractivity contribution < 1.29 is 0 Å². The number of hydrogen-bond donors (Lipinski definition) is 0. The van der Waals surface area contributed by atoms with Crippen molar-refractivity contribution in [1.82, 2.24) is 24.9 Å². The summed E-state index contributed by atoms with van der Waals surface area (Å²) < 4.78 is 0. The summed E-state index contributed by atoms with van der Waals surface area (Å²) in [6.07, 6.45) is 5.10. The smallest absolute Gasteiger partial charge is 0.198 e. The second-order valence-corrected chi connectivity index (χ2v) is 6.23. The van der Waals surface area contributed by atoms with Gasteiger partial charge in [-0.1, -0.05) is 36.4 Å². The van der Waals surface area contributed by atoms with Crippen molar-refractivity contribution in [2.75, 3.05) is 0 Å². The molecule has 26 heavy (non-hydrogen) atoms. The average Bonchev–Trinajstić information content (AvgIpc) is 2.72. The minimum Gasteiger partial charge on any atom is -0.256 e. The van der Waals surface area contributed by atoms with Gasteiger partial charge in [0.25, 0.3) is 0 Å². The van der Waals surface area contributed by atoms with E-state index in [1.165, 1.54) is 0 Å². The lowest BCUT2D eigenvalue weighted by Gasteiger charge is -2.11. The van der Waals surface area contributed by atoms with Gasteiger partial charge in [-0.15, -0.1) is 0 Å². The zero-order chi connectivity index (χ0) is 17.1. The van der Waals surface area contributed by atoms with Crippen molar-refractivity contribution in [2.24, 2.45) is 0 Å². The molecule has 0 N–H and O–H groups in total. The maximum Gasteiger partial charge on any atom is 0.198 e. The number of benzene rings is 3. The monoisotopic (exact) mass is 333 g/mol. The molecule has 6 aromatic rings. The summed E-state index contributed by atoms with van der Waals surface area (Å²) in [4.78, 5) is 22.9. The molecule has 0 fully saturated rings. The number of rotatable bonds is 0. The van der Waals surface area contributed by atoms with Crippen molar-refractivity contribution in [3.05, 3.63) is 67.1 Å². The maximum absolute atomic E-state index is 4.84. The first-order valence-corrected chi connectivity index (χ1v) is 8.37. The van der Waals surface area contributed by atoms with Crippen LogP contribution in [0.5, 0.6) is 0 Å². The van der Waals surface area contributed by atoms with Gasteiger partial charge in [0, 0.05) is 34.7 Å². The molecule has 5 heteroatoms. The topological polar surface area (TPSA) is 64.5 Å². The van der Waals surface area contributed by atoms with E-state index in [0.29, 0.717) is 11.3 Å². The van der Waals surface area contributed by atoms with Crippen molar-refractivity contribution in [2.45, 2.75) is 0 Å². The summed E-state index contributed by atoms with van der Waals surface area (Å²) in [5, 5.41) is 5.41. The highest BCUT2D eigenvalue weighted by atomic mass is 15.0. The molecule has 0 aliphatic heterocycles. The molecule has 6 rings (SSSR count). The fraction of sp³-hybridized carbons (Fsp3) is 0. The molecule has 0 saturated heterocycles. The molecule has 3 heterocycles. The van der Waals surface area contributed by atoms with Gasteiger partial charge in [-0.3, -0.25) is 4.98 Å². The Balaban J connectivity index is 2.03. The summed E-state index contributed by atoms with van der Waals surface area (Å²) in [7, 11) is 0. The Morgan fingerprint density at radius 2 is 1.27 bits per heavy atom. The van der Waals surface area contributed by atoms with E-state index in [0.717, 1.165) is 43.5 Å². The van der Waals surface area contributed by atoms with E-state index in [-0.39, 0.29) is 0 Å². The SMILES string of the molecule is c1ccc2c(c1)ccc1c3ncccc3c3nc4nccnc4nc3c21. The van der Waals surface area contributed by atoms with Gasteiger partial charge in [0.15, 0.2) is 11.3 Å². The van der Waals surface area contributed by atoms with E-state index >= 15 is 0 Å². The molecular weight excluding hydrogens is 322 g/mol. The second-order valence-electron chi connectivity index (χ2n) is 6.23. The van der Waals surface area contributed by atoms with Crippen LogP contribution in [0, 0.1) is 0 Å². The summed E-state index contributed by atoms with van der Waals surface area (Å²) >= 11 is 0. The molecule has 0 aliphatic carbocycles. The molecule has 3 aromatic heterocycles. The van der Waals surface area contributed by atoms with Gasteiger partial charge >= 0.3 is 0 Å². The highest BCUT2D eigenvalue weighted by molar-refractivity contribution is 6.29. The van der Waals surface area contributed by atoms with E-state index in [1.54, 1.807) is 12.4 Å². The van der Waals surface area contributed by atoms with Crippen LogP contribution in [0.2, 0.25) is 0 Å². The molecule has 0 unspecified atom stereocenters. The quantitative estimate of drug-likeness (QED) is 0.304. The molecule has 0 amide bonds. The van der Waals surface area contributed by atoms with Crippen LogP contribution in [0.1, 0.15) is 0 Å². The van der Waals surface area contributed by atoms with Crippen molar-refractivity contribution >= 4 is 54.8 Å². The van der Waals surface area contributed by atoms with Gasteiger partial charge in [-0.25, -0.2) is 19.9 Å². The van der Waals surface area contributed by atoms with Crippen molar-refractivity contribution in [3.63, 3.8) is 0 Å². The number of hydrogen-bond acceptors (Lipinski definition) is 5. The normalized spacial score (nSPS) is 11.8. The molecule has 0 spiro atoms. The molecular formula is C21H11N5. The van der Waals surface area contributed by atoms with Crippen LogP contribution in [0.3, 0.4) is 0 Å². The first-order valence-electron chi connectivity index (χ1n) is 8.37. The maximum atomic E-state index is 4.84. The molecule has 0 radical (unpaired) electrons. The summed E-state index contributed by atoms with van der Waals surface area (Å²) in [5.41, 5.74) is 3.68. The molecule has 120 valence electrons. The van der Waals surface area contributed by atoms with Gasteiger partial charge in [0.1, 0.15) is 11.0 Å². The van der Waals surface area contributed by atoms with Gasteiger partial charge < -0.3 is 0 Å². The third kappa shape index (κ3) is 1.71. The van der Waals surface area contributed by atoms with E-state index in [9.17, 15) is 0 Å². The lowest BCUT2D eigenvalue weighted by molar-refractivity contribution is 1.20. The van der Waals surface area contributed by atoms with E-state index < -0.39 is 0 Å². The molecule has 0 bridgehead atoms. The number of fused-ring (bicyclic) bond motifs is 9. The lowest BCUT2D eigenvalue weighted by Crippen LogP contribution is -1.95. The van der Waals surface area contributed by atoms with Gasteiger partial charge in [0.05, 0.1) is 5.52 Å². The second kappa shape index (κ2) is 4.89. The van der Waals surface area contributed by atoms with Crippen LogP contribution in [0.15, 0.2) is 67.1 Å². The Morgan fingerprint density at radius 3 is 2.15 bits per heavy atom. The minimum atomic E-state index is 0.546. The van der Waals surface area contributed by atoms with Crippen LogP contribution in [-0.4, -0.2) is 24.9 Å². The predicted octanol–water partition coefficient (Wildman–Crippen LogP) is 4.43. The number of nitrogens with zero attached hydrogens (tertiary/aromatic N) is 5.